The summed E-state index contributed by atoms with van der Waals surface area (Å²) in [5, 5.41) is 10.0. The maximum atomic E-state index is 14.2. The van der Waals surface area contributed by atoms with E-state index in [9.17, 15) is 9.18 Å². The van der Waals surface area contributed by atoms with Crippen LogP contribution < -0.4 is 0 Å². The fraction of sp³-hybridized carbons (Fsp3) is 0.222. The standard InChI is InChI=1S/C18H13ClFN3O3/c1-2-3-25-18(24)17-14(8-21)23-15(26-17)6-10-4-11-7-12(19)9-22-16(11)13(20)5-10/h4-5,7,9H,2-3,6H2,1H3. The maximum absolute atomic E-state index is 14.2. The van der Waals surface area contributed by atoms with Gasteiger partial charge in [0.05, 0.1) is 11.6 Å². The molecule has 0 N–H and O–H groups in total. The van der Waals surface area contributed by atoms with E-state index in [1.54, 1.807) is 18.2 Å². The van der Waals surface area contributed by atoms with Gasteiger partial charge in [0.1, 0.15) is 17.4 Å². The van der Waals surface area contributed by atoms with Gasteiger partial charge in [-0.1, -0.05) is 18.5 Å². The first-order chi connectivity index (χ1) is 12.5. The molecule has 0 atom stereocenters. The number of pyridine rings is 1. The molecule has 132 valence electrons. The number of oxazole rings is 1. The largest absolute Gasteiger partial charge is 0.460 e. The van der Waals surface area contributed by atoms with E-state index in [0.717, 1.165) is 0 Å². The van der Waals surface area contributed by atoms with Gasteiger partial charge in [0, 0.05) is 18.0 Å². The first kappa shape index (κ1) is 17.8. The topological polar surface area (TPSA) is 89.0 Å². The molecule has 0 aliphatic rings. The number of carbonyl (C=O) groups excluding carboxylic acids is 1. The fourth-order valence-electron chi connectivity index (χ4n) is 2.43. The molecule has 0 saturated heterocycles. The summed E-state index contributed by atoms with van der Waals surface area (Å²) in [7, 11) is 0. The van der Waals surface area contributed by atoms with Crippen molar-refractivity contribution in [3.8, 4) is 6.07 Å². The Hall–Kier alpha value is -2.98. The van der Waals surface area contributed by atoms with Crippen LogP contribution in [0.2, 0.25) is 5.02 Å². The third kappa shape index (κ3) is 3.65. The number of nitriles is 1. The van der Waals surface area contributed by atoms with E-state index in [0.29, 0.717) is 22.4 Å². The summed E-state index contributed by atoms with van der Waals surface area (Å²) in [5.74, 6) is -1.40. The Bertz CT molecular complexity index is 1030. The van der Waals surface area contributed by atoms with Gasteiger partial charge < -0.3 is 9.15 Å². The second kappa shape index (κ2) is 7.50. The lowest BCUT2D eigenvalue weighted by Gasteiger charge is -2.03. The molecular formula is C18H13ClFN3O3. The number of hydrogen-bond acceptors (Lipinski definition) is 6. The van der Waals surface area contributed by atoms with Crippen molar-refractivity contribution in [1.29, 1.82) is 5.26 Å². The number of aromatic nitrogens is 2. The van der Waals surface area contributed by atoms with Crippen molar-refractivity contribution in [2.75, 3.05) is 6.61 Å². The van der Waals surface area contributed by atoms with Crippen LogP contribution >= 0.6 is 11.6 Å². The molecule has 3 aromatic rings. The van der Waals surface area contributed by atoms with Crippen LogP contribution in [-0.2, 0) is 11.2 Å². The molecule has 0 aliphatic heterocycles. The van der Waals surface area contributed by atoms with Crippen molar-refractivity contribution in [3.05, 3.63) is 58.1 Å². The molecule has 0 amide bonds. The van der Waals surface area contributed by atoms with Gasteiger partial charge in [-0.15, -0.1) is 0 Å². The molecule has 0 unspecified atom stereocenters. The van der Waals surface area contributed by atoms with Crippen molar-refractivity contribution in [2.24, 2.45) is 0 Å². The monoisotopic (exact) mass is 373 g/mol. The fourth-order valence-corrected chi connectivity index (χ4v) is 2.59. The first-order valence-corrected chi connectivity index (χ1v) is 8.20. The number of halogens is 2. The molecule has 26 heavy (non-hydrogen) atoms. The van der Waals surface area contributed by atoms with Crippen LogP contribution in [-0.4, -0.2) is 22.5 Å². The normalized spacial score (nSPS) is 10.7. The highest BCUT2D eigenvalue weighted by Crippen LogP contribution is 2.23. The Morgan fingerprint density at radius 2 is 2.23 bits per heavy atom. The number of ether oxygens (including phenoxy) is 1. The highest BCUT2D eigenvalue weighted by Gasteiger charge is 2.22. The van der Waals surface area contributed by atoms with E-state index in [-0.39, 0.29) is 35.9 Å². The summed E-state index contributed by atoms with van der Waals surface area (Å²) >= 11 is 5.90. The number of hydrogen-bond donors (Lipinski definition) is 0. The number of rotatable bonds is 5. The SMILES string of the molecule is CCCOC(=O)c1oc(Cc2cc(F)c3ncc(Cl)cc3c2)nc1C#N. The summed E-state index contributed by atoms with van der Waals surface area (Å²) in [4.78, 5) is 19.9. The van der Waals surface area contributed by atoms with Crippen molar-refractivity contribution in [1.82, 2.24) is 9.97 Å². The lowest BCUT2D eigenvalue weighted by molar-refractivity contribution is 0.0466. The predicted octanol–water partition coefficient (Wildman–Crippen LogP) is 4.04. The van der Waals surface area contributed by atoms with Gasteiger partial charge in [0.15, 0.2) is 5.69 Å². The molecular weight excluding hydrogens is 361 g/mol. The van der Waals surface area contributed by atoms with Crippen LogP contribution in [0.1, 0.15) is 41.0 Å². The maximum Gasteiger partial charge on any atom is 0.377 e. The molecule has 0 spiro atoms. The first-order valence-electron chi connectivity index (χ1n) is 7.82. The summed E-state index contributed by atoms with van der Waals surface area (Å²) < 4.78 is 24.6. The number of benzene rings is 1. The van der Waals surface area contributed by atoms with Gasteiger partial charge >= 0.3 is 5.97 Å². The van der Waals surface area contributed by atoms with Crippen molar-refractivity contribution in [2.45, 2.75) is 19.8 Å². The van der Waals surface area contributed by atoms with E-state index >= 15 is 0 Å². The second-order valence-electron chi connectivity index (χ2n) is 5.51. The van der Waals surface area contributed by atoms with Crippen LogP contribution in [0, 0.1) is 17.1 Å². The molecule has 2 heterocycles. The Kier molecular flexibility index (Phi) is 5.14. The molecule has 6 nitrogen and oxygen atoms in total. The second-order valence-corrected chi connectivity index (χ2v) is 5.95. The molecule has 2 aromatic heterocycles. The van der Waals surface area contributed by atoms with Crippen LogP contribution in [0.15, 0.2) is 28.8 Å². The molecule has 0 radical (unpaired) electrons. The molecule has 3 rings (SSSR count). The third-order valence-electron chi connectivity index (χ3n) is 3.52. The van der Waals surface area contributed by atoms with Crippen molar-refractivity contribution >= 4 is 28.5 Å². The minimum Gasteiger partial charge on any atom is -0.460 e. The van der Waals surface area contributed by atoms with Gasteiger partial charge in [-0.2, -0.15) is 5.26 Å². The molecule has 0 fully saturated rings. The van der Waals surface area contributed by atoms with E-state index < -0.39 is 11.8 Å². The Balaban J connectivity index is 1.92. The van der Waals surface area contributed by atoms with Gasteiger partial charge in [-0.25, -0.2) is 14.2 Å². The predicted molar refractivity (Wildman–Crippen MR) is 91.3 cm³/mol. The Labute approximate surface area is 153 Å². The summed E-state index contributed by atoms with van der Waals surface area (Å²) in [6.45, 7) is 2.06. The average molecular weight is 374 g/mol. The van der Waals surface area contributed by atoms with Gasteiger partial charge in [0.25, 0.3) is 0 Å². The van der Waals surface area contributed by atoms with Gasteiger partial charge in [-0.3, -0.25) is 4.98 Å². The van der Waals surface area contributed by atoms with Crippen LogP contribution in [0.25, 0.3) is 10.9 Å². The van der Waals surface area contributed by atoms with Crippen molar-refractivity contribution < 1.29 is 18.3 Å². The molecule has 0 saturated carbocycles. The van der Waals surface area contributed by atoms with Crippen molar-refractivity contribution in [3.63, 3.8) is 0 Å². The molecule has 8 heteroatoms. The minimum atomic E-state index is -0.747. The molecule has 0 aliphatic carbocycles. The smallest absolute Gasteiger partial charge is 0.377 e. The lowest BCUT2D eigenvalue weighted by Crippen LogP contribution is -2.06. The van der Waals surface area contributed by atoms with Crippen LogP contribution in [0.3, 0.4) is 0 Å². The zero-order chi connectivity index (χ0) is 18.7. The molecule has 0 bridgehead atoms. The van der Waals surface area contributed by atoms with E-state index in [1.807, 2.05) is 6.92 Å². The zero-order valence-electron chi connectivity index (χ0n) is 13.8. The average Bonchev–Trinajstić information content (AvgIpc) is 3.02. The van der Waals surface area contributed by atoms with Gasteiger partial charge in [0.2, 0.25) is 11.7 Å². The summed E-state index contributed by atoms with van der Waals surface area (Å²) in [6, 6.07) is 6.40. The highest BCUT2D eigenvalue weighted by molar-refractivity contribution is 6.31. The number of esters is 1. The van der Waals surface area contributed by atoms with Gasteiger partial charge in [-0.05, 0) is 30.2 Å². The zero-order valence-corrected chi connectivity index (χ0v) is 14.5. The Morgan fingerprint density at radius 1 is 1.42 bits per heavy atom. The lowest BCUT2D eigenvalue weighted by atomic mass is 10.1. The summed E-state index contributed by atoms with van der Waals surface area (Å²) in [5.41, 5.74) is 0.581. The van der Waals surface area contributed by atoms with Crippen LogP contribution in [0.4, 0.5) is 4.39 Å². The van der Waals surface area contributed by atoms with E-state index in [4.69, 9.17) is 26.0 Å². The number of carbonyl (C=O) groups is 1. The van der Waals surface area contributed by atoms with E-state index in [1.165, 1.54) is 12.3 Å². The third-order valence-corrected chi connectivity index (χ3v) is 3.73. The minimum absolute atomic E-state index is 0.0924. The number of nitrogens with zero attached hydrogens (tertiary/aromatic N) is 3. The van der Waals surface area contributed by atoms with Crippen LogP contribution in [0.5, 0.6) is 0 Å². The van der Waals surface area contributed by atoms with E-state index in [2.05, 4.69) is 9.97 Å². The molecule has 1 aromatic carbocycles. The highest BCUT2D eigenvalue weighted by atomic mass is 35.5. The number of fused-ring (bicyclic) bond motifs is 1. The summed E-state index contributed by atoms with van der Waals surface area (Å²) in [6.07, 6.45) is 2.10. The quantitative estimate of drug-likeness (QED) is 0.627. The Morgan fingerprint density at radius 3 is 2.96 bits per heavy atom.